The summed E-state index contributed by atoms with van der Waals surface area (Å²) in [6.45, 7) is 0. The maximum atomic E-state index is 12.6. The van der Waals surface area contributed by atoms with Crippen LogP contribution in [0, 0.1) is 0 Å². The van der Waals surface area contributed by atoms with Gasteiger partial charge in [0.1, 0.15) is 0 Å². The number of aromatic amines is 1. The summed E-state index contributed by atoms with van der Waals surface area (Å²) in [5.41, 5.74) is 2.08. The highest BCUT2D eigenvalue weighted by Crippen LogP contribution is 2.29. The van der Waals surface area contributed by atoms with Gasteiger partial charge in [-0.05, 0) is 36.4 Å². The number of nitrogens with zero attached hydrogens (tertiary/aromatic N) is 1. The van der Waals surface area contributed by atoms with Crippen LogP contribution in [0.25, 0.3) is 21.1 Å². The molecule has 0 atom stereocenters. The monoisotopic (exact) mass is 371 g/mol. The Morgan fingerprint density at radius 1 is 1.20 bits per heavy atom. The first-order valence-corrected chi connectivity index (χ1v) is 10.1. The molecule has 2 heterocycles. The van der Waals surface area contributed by atoms with Crippen LogP contribution in [-0.2, 0) is 9.84 Å². The third kappa shape index (κ3) is 2.90. The van der Waals surface area contributed by atoms with E-state index in [1.807, 2.05) is 18.2 Å². The summed E-state index contributed by atoms with van der Waals surface area (Å²) < 4.78 is 24.0. The average molecular weight is 371 g/mol. The number of thiazole rings is 1. The molecule has 2 N–H and O–H groups in total. The van der Waals surface area contributed by atoms with Gasteiger partial charge in [0.15, 0.2) is 15.0 Å². The molecule has 0 spiro atoms. The van der Waals surface area contributed by atoms with E-state index in [-0.39, 0.29) is 10.8 Å². The van der Waals surface area contributed by atoms with Crippen molar-refractivity contribution in [1.82, 2.24) is 9.97 Å². The van der Waals surface area contributed by atoms with Gasteiger partial charge in [0.25, 0.3) is 5.91 Å². The van der Waals surface area contributed by atoms with E-state index in [1.54, 1.807) is 24.4 Å². The van der Waals surface area contributed by atoms with Crippen molar-refractivity contribution in [1.29, 1.82) is 0 Å². The van der Waals surface area contributed by atoms with Gasteiger partial charge in [-0.1, -0.05) is 17.4 Å². The fraction of sp³-hybridized carbons (Fsp3) is 0.0588. The lowest BCUT2D eigenvalue weighted by atomic mass is 10.1. The average Bonchev–Trinajstić information content (AvgIpc) is 3.18. The Bertz CT molecular complexity index is 1220. The Morgan fingerprint density at radius 2 is 2.04 bits per heavy atom. The van der Waals surface area contributed by atoms with Gasteiger partial charge in [-0.2, -0.15) is 0 Å². The Balaban J connectivity index is 1.68. The van der Waals surface area contributed by atoms with Crippen molar-refractivity contribution in [2.24, 2.45) is 0 Å². The van der Waals surface area contributed by atoms with E-state index in [1.165, 1.54) is 17.4 Å². The van der Waals surface area contributed by atoms with Gasteiger partial charge in [0.05, 0.1) is 15.1 Å². The molecule has 0 aliphatic carbocycles. The summed E-state index contributed by atoms with van der Waals surface area (Å²) in [6, 6.07) is 12.0. The van der Waals surface area contributed by atoms with Crippen molar-refractivity contribution < 1.29 is 13.2 Å². The molecule has 0 saturated carbocycles. The lowest BCUT2D eigenvalue weighted by Gasteiger charge is -2.03. The predicted octanol–water partition coefficient (Wildman–Crippen LogP) is 3.43. The number of aromatic nitrogens is 2. The minimum Gasteiger partial charge on any atom is -0.361 e. The van der Waals surface area contributed by atoms with Crippen LogP contribution in [0.4, 0.5) is 5.13 Å². The number of carbonyl (C=O) groups excluding carboxylic acids is 1. The lowest BCUT2D eigenvalue weighted by molar-refractivity contribution is 0.102. The van der Waals surface area contributed by atoms with E-state index in [9.17, 15) is 13.2 Å². The largest absolute Gasteiger partial charge is 0.361 e. The second-order valence-electron chi connectivity index (χ2n) is 5.62. The number of carbonyl (C=O) groups is 1. The van der Waals surface area contributed by atoms with Gasteiger partial charge in [-0.15, -0.1) is 0 Å². The van der Waals surface area contributed by atoms with Crippen molar-refractivity contribution >= 4 is 53.3 Å². The molecule has 0 saturated heterocycles. The first kappa shape index (κ1) is 15.8. The fourth-order valence-electron chi connectivity index (χ4n) is 2.64. The zero-order chi connectivity index (χ0) is 17.6. The highest BCUT2D eigenvalue weighted by Gasteiger charge is 2.14. The number of rotatable bonds is 3. The van der Waals surface area contributed by atoms with Crippen molar-refractivity contribution in [2.45, 2.75) is 4.90 Å². The van der Waals surface area contributed by atoms with Crippen LogP contribution in [0.3, 0.4) is 0 Å². The van der Waals surface area contributed by atoms with Crippen LogP contribution in [0.2, 0.25) is 0 Å². The van der Waals surface area contributed by atoms with E-state index in [0.29, 0.717) is 20.9 Å². The number of hydrogen-bond donors (Lipinski definition) is 2. The second kappa shape index (κ2) is 5.68. The molecule has 2 aromatic carbocycles. The molecule has 8 heteroatoms. The first-order valence-electron chi connectivity index (χ1n) is 7.40. The van der Waals surface area contributed by atoms with E-state index in [0.717, 1.165) is 17.2 Å². The molecule has 2 aromatic heterocycles. The number of hydrogen-bond acceptors (Lipinski definition) is 5. The number of H-pyrrole nitrogens is 1. The minimum atomic E-state index is -3.28. The van der Waals surface area contributed by atoms with Crippen molar-refractivity contribution in [3.63, 3.8) is 0 Å². The number of anilines is 1. The number of sulfone groups is 1. The van der Waals surface area contributed by atoms with E-state index in [4.69, 9.17) is 0 Å². The first-order chi connectivity index (χ1) is 11.9. The molecule has 0 aliphatic heterocycles. The summed E-state index contributed by atoms with van der Waals surface area (Å²) in [7, 11) is -3.28. The maximum Gasteiger partial charge on any atom is 0.258 e. The molecule has 25 heavy (non-hydrogen) atoms. The van der Waals surface area contributed by atoms with E-state index in [2.05, 4.69) is 15.3 Å². The fourth-order valence-corrected chi connectivity index (χ4v) is 4.26. The number of amides is 1. The molecule has 0 unspecified atom stereocenters. The van der Waals surface area contributed by atoms with Crippen LogP contribution in [-0.4, -0.2) is 30.5 Å². The quantitative estimate of drug-likeness (QED) is 0.577. The highest BCUT2D eigenvalue weighted by molar-refractivity contribution is 7.90. The zero-order valence-electron chi connectivity index (χ0n) is 13.1. The number of nitrogens with one attached hydrogen (secondary N) is 2. The predicted molar refractivity (Wildman–Crippen MR) is 99.0 cm³/mol. The summed E-state index contributed by atoms with van der Waals surface area (Å²) >= 11 is 1.24. The van der Waals surface area contributed by atoms with Crippen molar-refractivity contribution in [2.75, 3.05) is 11.6 Å². The van der Waals surface area contributed by atoms with Gasteiger partial charge >= 0.3 is 0 Å². The Morgan fingerprint density at radius 3 is 2.84 bits per heavy atom. The summed E-state index contributed by atoms with van der Waals surface area (Å²) in [5, 5.41) is 4.06. The summed E-state index contributed by atoms with van der Waals surface area (Å²) in [4.78, 5) is 20.2. The third-order valence-electron chi connectivity index (χ3n) is 3.85. The van der Waals surface area contributed by atoms with Crippen molar-refractivity contribution in [3.8, 4) is 0 Å². The summed E-state index contributed by atoms with van der Waals surface area (Å²) in [6.07, 6.45) is 2.95. The van der Waals surface area contributed by atoms with Crippen molar-refractivity contribution in [3.05, 3.63) is 54.2 Å². The molecule has 126 valence electrons. The smallest absolute Gasteiger partial charge is 0.258 e. The molecule has 0 fully saturated rings. The second-order valence-corrected chi connectivity index (χ2v) is 8.67. The van der Waals surface area contributed by atoms with Crippen LogP contribution >= 0.6 is 11.3 Å². The third-order valence-corrected chi connectivity index (χ3v) is 5.89. The van der Waals surface area contributed by atoms with Gasteiger partial charge < -0.3 is 4.98 Å². The Hall–Kier alpha value is -2.71. The molecule has 6 nitrogen and oxygen atoms in total. The van der Waals surface area contributed by atoms with Crippen LogP contribution in [0.5, 0.6) is 0 Å². The topological polar surface area (TPSA) is 91.9 Å². The maximum absolute atomic E-state index is 12.6. The standard InChI is InChI=1S/C17H13N3O3S2/c1-25(22,23)10-5-6-14-15(9-10)24-17(19-14)20-16(21)12-3-2-4-13-11(12)7-8-18-13/h2-9,18H,1H3,(H,19,20,21). The van der Waals surface area contributed by atoms with E-state index >= 15 is 0 Å². The zero-order valence-corrected chi connectivity index (χ0v) is 14.7. The molecule has 4 aromatic rings. The minimum absolute atomic E-state index is 0.235. The SMILES string of the molecule is CS(=O)(=O)c1ccc2nc(NC(=O)c3cccc4[nH]ccc34)sc2c1. The van der Waals surface area contributed by atoms with Crippen LogP contribution in [0.15, 0.2) is 53.6 Å². The van der Waals surface area contributed by atoms with Gasteiger partial charge in [0.2, 0.25) is 0 Å². The molecule has 0 aliphatic rings. The molecular weight excluding hydrogens is 358 g/mol. The highest BCUT2D eigenvalue weighted by atomic mass is 32.2. The Kier molecular flexibility index (Phi) is 3.59. The van der Waals surface area contributed by atoms with Gasteiger partial charge in [-0.3, -0.25) is 10.1 Å². The lowest BCUT2D eigenvalue weighted by Crippen LogP contribution is -2.11. The molecule has 0 radical (unpaired) electrons. The van der Waals surface area contributed by atoms with Gasteiger partial charge in [-0.25, -0.2) is 13.4 Å². The van der Waals surface area contributed by atoms with E-state index < -0.39 is 9.84 Å². The Labute approximate surface area is 147 Å². The van der Waals surface area contributed by atoms with Crippen LogP contribution < -0.4 is 5.32 Å². The number of benzene rings is 2. The normalized spacial score (nSPS) is 11.9. The number of fused-ring (bicyclic) bond motifs is 2. The molecule has 4 rings (SSSR count). The molecular formula is C17H13N3O3S2. The molecule has 1 amide bonds. The molecule has 0 bridgehead atoms. The van der Waals surface area contributed by atoms with Gasteiger partial charge in [0, 0.05) is 28.9 Å². The summed E-state index contributed by atoms with van der Waals surface area (Å²) in [5.74, 6) is -0.257. The van der Waals surface area contributed by atoms with Crippen LogP contribution in [0.1, 0.15) is 10.4 Å².